The van der Waals surface area contributed by atoms with E-state index < -0.39 is 0 Å². The number of aromatic amines is 1. The lowest BCUT2D eigenvalue weighted by Gasteiger charge is -2.20. The van der Waals surface area contributed by atoms with Crippen molar-refractivity contribution in [3.05, 3.63) is 15.9 Å². The third-order valence-corrected chi connectivity index (χ3v) is 2.85. The second-order valence-electron chi connectivity index (χ2n) is 3.29. The van der Waals surface area contributed by atoms with Crippen LogP contribution in [-0.2, 0) is 0 Å². The molecule has 3 nitrogen and oxygen atoms in total. The van der Waals surface area contributed by atoms with E-state index in [9.17, 15) is 0 Å². The molecule has 1 heterocycles. The van der Waals surface area contributed by atoms with Crippen molar-refractivity contribution >= 4 is 18.2 Å². The molecule has 14 heavy (non-hydrogen) atoms. The zero-order valence-corrected chi connectivity index (χ0v) is 10.0. The molecule has 0 aromatic carbocycles. The molecule has 1 N–H and O–H groups in total. The van der Waals surface area contributed by atoms with Crippen LogP contribution in [0.1, 0.15) is 25.1 Å². The molecule has 0 spiro atoms. The summed E-state index contributed by atoms with van der Waals surface area (Å²) in [6.07, 6.45) is 0. The van der Waals surface area contributed by atoms with E-state index in [-0.39, 0.29) is 0 Å². The Bertz CT molecular complexity index is 366. The largest absolute Gasteiger partial charge is 0.343 e. The molecule has 0 bridgehead atoms. The first-order valence-corrected chi connectivity index (χ1v) is 5.33. The summed E-state index contributed by atoms with van der Waals surface area (Å²) in [6, 6.07) is 0. The van der Waals surface area contributed by atoms with E-state index in [1.165, 1.54) is 0 Å². The molecule has 78 valence electrons. The molecule has 0 amide bonds. The van der Waals surface area contributed by atoms with Crippen molar-refractivity contribution < 1.29 is 0 Å². The number of H-pyrrole nitrogens is 1. The molecule has 0 fully saturated rings. The van der Waals surface area contributed by atoms with Gasteiger partial charge in [0.2, 0.25) is 5.95 Å². The van der Waals surface area contributed by atoms with E-state index >= 15 is 0 Å². The first kappa shape index (κ1) is 11.2. The predicted octanol–water partition coefficient (Wildman–Crippen LogP) is 2.60. The number of anilines is 1. The SMILES string of the molecule is CCN(CC)c1nc(=S)c(C)c(C)[nH]1. The minimum absolute atomic E-state index is 0.697. The minimum Gasteiger partial charge on any atom is -0.343 e. The van der Waals surface area contributed by atoms with E-state index in [4.69, 9.17) is 12.2 Å². The summed E-state index contributed by atoms with van der Waals surface area (Å²) in [6.45, 7) is 10.1. The molecule has 0 unspecified atom stereocenters. The topological polar surface area (TPSA) is 31.9 Å². The van der Waals surface area contributed by atoms with Crippen LogP contribution in [0.5, 0.6) is 0 Å². The van der Waals surface area contributed by atoms with E-state index in [0.29, 0.717) is 4.64 Å². The van der Waals surface area contributed by atoms with Gasteiger partial charge >= 0.3 is 0 Å². The second-order valence-corrected chi connectivity index (χ2v) is 3.67. The Labute approximate surface area is 90.2 Å². The van der Waals surface area contributed by atoms with Crippen LogP contribution in [-0.4, -0.2) is 23.1 Å². The fourth-order valence-electron chi connectivity index (χ4n) is 1.30. The maximum Gasteiger partial charge on any atom is 0.204 e. The molecule has 0 saturated heterocycles. The van der Waals surface area contributed by atoms with Crippen molar-refractivity contribution in [2.75, 3.05) is 18.0 Å². The van der Waals surface area contributed by atoms with Crippen molar-refractivity contribution in [3.63, 3.8) is 0 Å². The Kier molecular flexibility index (Phi) is 3.63. The summed E-state index contributed by atoms with van der Waals surface area (Å²) in [5, 5.41) is 0. The highest BCUT2D eigenvalue weighted by Crippen LogP contribution is 2.11. The number of aromatic nitrogens is 2. The third kappa shape index (κ3) is 2.12. The second kappa shape index (κ2) is 4.55. The molecule has 0 saturated carbocycles. The summed E-state index contributed by atoms with van der Waals surface area (Å²) < 4.78 is 0.697. The molecule has 1 aromatic rings. The number of hydrogen-bond acceptors (Lipinski definition) is 3. The van der Waals surface area contributed by atoms with Gasteiger partial charge in [0.15, 0.2) is 0 Å². The molecular formula is C10H17N3S. The molecule has 0 aliphatic carbocycles. The molecule has 4 heteroatoms. The van der Waals surface area contributed by atoms with Crippen molar-refractivity contribution in [1.29, 1.82) is 0 Å². The summed E-state index contributed by atoms with van der Waals surface area (Å²) in [5.41, 5.74) is 2.17. The van der Waals surface area contributed by atoms with Gasteiger partial charge in [-0.3, -0.25) is 0 Å². The molecule has 0 aliphatic rings. The Morgan fingerprint density at radius 2 is 1.86 bits per heavy atom. The quantitative estimate of drug-likeness (QED) is 0.780. The van der Waals surface area contributed by atoms with E-state index in [2.05, 4.69) is 28.7 Å². The van der Waals surface area contributed by atoms with Crippen LogP contribution in [0.3, 0.4) is 0 Å². The minimum atomic E-state index is 0.697. The average Bonchev–Trinajstić information content (AvgIpc) is 2.16. The van der Waals surface area contributed by atoms with Gasteiger partial charge in [0.05, 0.1) is 0 Å². The van der Waals surface area contributed by atoms with Crippen LogP contribution in [0.15, 0.2) is 0 Å². The number of nitrogens with one attached hydrogen (secondary N) is 1. The van der Waals surface area contributed by atoms with Crippen molar-refractivity contribution in [2.24, 2.45) is 0 Å². The van der Waals surface area contributed by atoms with Gasteiger partial charge in [-0.2, -0.15) is 0 Å². The van der Waals surface area contributed by atoms with Crippen molar-refractivity contribution in [1.82, 2.24) is 9.97 Å². The number of hydrogen-bond donors (Lipinski definition) is 1. The smallest absolute Gasteiger partial charge is 0.204 e. The van der Waals surface area contributed by atoms with Gasteiger partial charge in [0, 0.05) is 24.3 Å². The Balaban J connectivity index is 3.18. The first-order valence-electron chi connectivity index (χ1n) is 4.92. The highest BCUT2D eigenvalue weighted by molar-refractivity contribution is 7.71. The summed E-state index contributed by atoms with van der Waals surface area (Å²) in [5.74, 6) is 0.878. The molecule has 0 radical (unpaired) electrons. The lowest BCUT2D eigenvalue weighted by molar-refractivity contribution is 0.811. The maximum atomic E-state index is 5.19. The van der Waals surface area contributed by atoms with Crippen LogP contribution in [0.25, 0.3) is 0 Å². The Hall–Kier alpha value is -0.900. The van der Waals surface area contributed by atoms with Gasteiger partial charge in [-0.1, -0.05) is 12.2 Å². The van der Waals surface area contributed by atoms with Crippen LogP contribution >= 0.6 is 12.2 Å². The summed E-state index contributed by atoms with van der Waals surface area (Å²) >= 11 is 5.19. The van der Waals surface area contributed by atoms with E-state index in [0.717, 1.165) is 30.3 Å². The van der Waals surface area contributed by atoms with E-state index in [1.807, 2.05) is 13.8 Å². The Morgan fingerprint density at radius 3 is 2.29 bits per heavy atom. The van der Waals surface area contributed by atoms with Crippen LogP contribution < -0.4 is 4.90 Å². The monoisotopic (exact) mass is 211 g/mol. The Morgan fingerprint density at radius 1 is 1.29 bits per heavy atom. The predicted molar refractivity (Wildman–Crippen MR) is 62.5 cm³/mol. The zero-order chi connectivity index (χ0) is 10.7. The van der Waals surface area contributed by atoms with Gasteiger partial charge in [-0.05, 0) is 27.7 Å². The van der Waals surface area contributed by atoms with Gasteiger partial charge in [0.1, 0.15) is 4.64 Å². The number of aryl methyl sites for hydroxylation is 1. The highest BCUT2D eigenvalue weighted by Gasteiger charge is 2.06. The van der Waals surface area contributed by atoms with Crippen LogP contribution in [0.4, 0.5) is 5.95 Å². The van der Waals surface area contributed by atoms with Crippen LogP contribution in [0.2, 0.25) is 0 Å². The number of rotatable bonds is 3. The molecule has 0 aliphatic heterocycles. The molecule has 1 aromatic heterocycles. The van der Waals surface area contributed by atoms with Gasteiger partial charge in [-0.15, -0.1) is 0 Å². The van der Waals surface area contributed by atoms with Gasteiger partial charge < -0.3 is 9.88 Å². The summed E-state index contributed by atoms with van der Waals surface area (Å²) in [7, 11) is 0. The van der Waals surface area contributed by atoms with E-state index in [1.54, 1.807) is 0 Å². The fraction of sp³-hybridized carbons (Fsp3) is 0.600. The van der Waals surface area contributed by atoms with Gasteiger partial charge in [0.25, 0.3) is 0 Å². The van der Waals surface area contributed by atoms with Crippen LogP contribution in [0, 0.1) is 18.5 Å². The van der Waals surface area contributed by atoms with Crippen molar-refractivity contribution in [2.45, 2.75) is 27.7 Å². The van der Waals surface area contributed by atoms with Gasteiger partial charge in [-0.25, -0.2) is 4.98 Å². The average molecular weight is 211 g/mol. The maximum absolute atomic E-state index is 5.19. The summed E-state index contributed by atoms with van der Waals surface area (Å²) in [4.78, 5) is 9.78. The lowest BCUT2D eigenvalue weighted by atomic mass is 10.3. The van der Waals surface area contributed by atoms with Crippen molar-refractivity contribution in [3.8, 4) is 0 Å². The standard InChI is InChI=1S/C10H17N3S/c1-5-13(6-2)10-11-8(4)7(3)9(14)12-10/h5-6H2,1-4H3,(H,11,12,14). The zero-order valence-electron chi connectivity index (χ0n) is 9.22. The highest BCUT2D eigenvalue weighted by atomic mass is 32.1. The molecular weight excluding hydrogens is 194 g/mol. The molecule has 1 rings (SSSR count). The lowest BCUT2D eigenvalue weighted by Crippen LogP contribution is -2.24. The normalized spacial score (nSPS) is 10.3. The third-order valence-electron chi connectivity index (χ3n) is 2.45. The fourth-order valence-corrected chi connectivity index (χ4v) is 1.54. The molecule has 0 atom stereocenters. The number of nitrogens with zero attached hydrogens (tertiary/aromatic N) is 2. The first-order chi connectivity index (χ1) is 6.60.